The molecule has 0 radical (unpaired) electrons. The van der Waals surface area contributed by atoms with Crippen LogP contribution in [0.5, 0.6) is 5.75 Å². The highest BCUT2D eigenvalue weighted by Crippen LogP contribution is 2.20. The van der Waals surface area contributed by atoms with E-state index in [0.717, 1.165) is 0 Å². The van der Waals surface area contributed by atoms with E-state index in [2.05, 4.69) is 17.4 Å². The van der Waals surface area contributed by atoms with Crippen molar-refractivity contribution in [1.29, 1.82) is 0 Å². The summed E-state index contributed by atoms with van der Waals surface area (Å²) in [4.78, 5) is 24.3. The van der Waals surface area contributed by atoms with Gasteiger partial charge in [-0.25, -0.2) is 0 Å². The summed E-state index contributed by atoms with van der Waals surface area (Å²) in [6.45, 7) is 3.96. The molecule has 0 aromatic heterocycles. The van der Waals surface area contributed by atoms with Gasteiger partial charge in [-0.2, -0.15) is 0 Å². The van der Waals surface area contributed by atoms with Crippen molar-refractivity contribution in [3.63, 3.8) is 0 Å². The minimum Gasteiger partial charge on any atom is -0.507 e. The van der Waals surface area contributed by atoms with E-state index >= 15 is 0 Å². The number of phenols is 1. The lowest BCUT2D eigenvalue weighted by atomic mass is 10.1. The Balaban J connectivity index is 2.71. The molecular weight excluding hydrogens is 260 g/mol. The highest BCUT2D eigenvalue weighted by atomic mass is 16.3. The van der Waals surface area contributed by atoms with Crippen LogP contribution >= 0.6 is 0 Å². The van der Waals surface area contributed by atoms with Gasteiger partial charge in [-0.05, 0) is 37.9 Å². The first-order valence-corrected chi connectivity index (χ1v) is 5.83. The van der Waals surface area contributed by atoms with Crippen molar-refractivity contribution in [2.45, 2.75) is 0 Å². The maximum atomic E-state index is 11.4. The van der Waals surface area contributed by atoms with Crippen molar-refractivity contribution in [2.24, 2.45) is 5.73 Å². The number of nitrogens with zero attached hydrogens (tertiary/aromatic N) is 1. The number of nitrogens with two attached hydrogens (primary N) is 1. The van der Waals surface area contributed by atoms with Crippen molar-refractivity contribution in [2.75, 3.05) is 20.6 Å². The largest absolute Gasteiger partial charge is 0.507 e. The van der Waals surface area contributed by atoms with Gasteiger partial charge in [0.15, 0.2) is 0 Å². The van der Waals surface area contributed by atoms with E-state index in [9.17, 15) is 14.7 Å². The normalized spacial score (nSPS) is 10.2. The zero-order chi connectivity index (χ0) is 15.3. The Hall–Kier alpha value is -2.54. The fraction of sp³-hybridized carbons (Fsp3) is 0.231. The highest BCUT2D eigenvalue weighted by molar-refractivity contribution is 5.96. The third-order valence-corrected chi connectivity index (χ3v) is 2.42. The van der Waals surface area contributed by atoms with Crippen LogP contribution in [0.2, 0.25) is 0 Å². The number of primary amides is 1. The molecule has 1 aromatic rings. The molecule has 0 bridgehead atoms. The van der Waals surface area contributed by atoms with Gasteiger partial charge in [0.05, 0.1) is 17.8 Å². The van der Waals surface area contributed by atoms with Gasteiger partial charge in [-0.15, -0.1) is 0 Å². The van der Waals surface area contributed by atoms with Gasteiger partial charge in [-0.1, -0.05) is 6.58 Å². The quantitative estimate of drug-likeness (QED) is 0.532. The molecule has 0 fully saturated rings. The van der Waals surface area contributed by atoms with E-state index in [4.69, 9.17) is 5.73 Å². The number of hydrazine groups is 1. The van der Waals surface area contributed by atoms with Crippen LogP contribution in [-0.4, -0.2) is 42.5 Å². The van der Waals surface area contributed by atoms with Gasteiger partial charge >= 0.3 is 0 Å². The predicted molar refractivity (Wildman–Crippen MR) is 75.5 cm³/mol. The van der Waals surface area contributed by atoms with Crippen molar-refractivity contribution < 1.29 is 14.7 Å². The Kier molecular flexibility index (Phi) is 5.10. The first kappa shape index (κ1) is 15.5. The Labute approximate surface area is 117 Å². The zero-order valence-corrected chi connectivity index (χ0v) is 11.4. The van der Waals surface area contributed by atoms with Gasteiger partial charge < -0.3 is 15.7 Å². The summed E-state index contributed by atoms with van der Waals surface area (Å²) in [5.41, 5.74) is 11.1. The number of hydrogen-bond donors (Lipinski definition) is 4. The number of rotatable bonds is 6. The lowest BCUT2D eigenvalue weighted by Gasteiger charge is -2.14. The second-order valence-electron chi connectivity index (χ2n) is 4.49. The number of likely N-dealkylation sites (N-methyl/N-ethyl adjacent to an activating group) is 1. The van der Waals surface area contributed by atoms with E-state index in [1.807, 2.05) is 0 Å². The number of amides is 2. The fourth-order valence-corrected chi connectivity index (χ4v) is 1.47. The van der Waals surface area contributed by atoms with Crippen LogP contribution in [0.25, 0.3) is 5.70 Å². The SMILES string of the molecule is C=C(NNC(=O)CN(C)C)c1ccc(O)c(C(N)=O)c1. The summed E-state index contributed by atoms with van der Waals surface area (Å²) < 4.78 is 0. The standard InChI is InChI=1S/C13H18N4O3/c1-8(15-16-12(19)7-17(2)3)9-4-5-11(18)10(6-9)13(14)20/h4-6,15,18H,1,7H2,2-3H3,(H2,14,20)(H,16,19). The van der Waals surface area contributed by atoms with Crippen LogP contribution < -0.4 is 16.6 Å². The molecule has 0 aliphatic rings. The molecule has 1 aromatic carbocycles. The van der Waals surface area contributed by atoms with Crippen LogP contribution in [0, 0.1) is 0 Å². The number of hydrogen-bond acceptors (Lipinski definition) is 5. The summed E-state index contributed by atoms with van der Waals surface area (Å²) in [5, 5.41) is 9.48. The number of carbonyl (C=O) groups excluding carboxylic acids is 2. The van der Waals surface area contributed by atoms with Crippen molar-refractivity contribution in [3.05, 3.63) is 35.9 Å². The van der Waals surface area contributed by atoms with Gasteiger partial charge in [0, 0.05) is 0 Å². The molecule has 0 saturated carbocycles. The Morgan fingerprint density at radius 2 is 2.00 bits per heavy atom. The minimum absolute atomic E-state index is 0.00920. The molecule has 108 valence electrons. The molecule has 0 heterocycles. The smallest absolute Gasteiger partial charge is 0.252 e. The van der Waals surface area contributed by atoms with Gasteiger partial charge in [0.1, 0.15) is 5.75 Å². The molecule has 20 heavy (non-hydrogen) atoms. The third-order valence-electron chi connectivity index (χ3n) is 2.42. The molecule has 0 aliphatic carbocycles. The second-order valence-corrected chi connectivity index (χ2v) is 4.49. The molecule has 0 spiro atoms. The molecule has 0 unspecified atom stereocenters. The molecule has 0 saturated heterocycles. The topological polar surface area (TPSA) is 108 Å². The summed E-state index contributed by atoms with van der Waals surface area (Å²) in [7, 11) is 3.54. The van der Waals surface area contributed by atoms with Gasteiger partial charge in [0.25, 0.3) is 11.8 Å². The molecule has 7 heteroatoms. The van der Waals surface area contributed by atoms with Crippen LogP contribution in [0.15, 0.2) is 24.8 Å². The van der Waals surface area contributed by atoms with E-state index < -0.39 is 5.91 Å². The fourth-order valence-electron chi connectivity index (χ4n) is 1.47. The van der Waals surface area contributed by atoms with Crippen LogP contribution in [0.3, 0.4) is 0 Å². The maximum absolute atomic E-state index is 11.4. The Morgan fingerprint density at radius 1 is 1.35 bits per heavy atom. The predicted octanol–water partition coefficient (Wildman–Crippen LogP) is -0.356. The Bertz CT molecular complexity index is 540. The number of carbonyl (C=O) groups is 2. The molecule has 0 atom stereocenters. The van der Waals surface area contributed by atoms with Crippen LogP contribution in [-0.2, 0) is 4.79 Å². The average Bonchev–Trinajstić information content (AvgIpc) is 2.35. The van der Waals surface area contributed by atoms with E-state index in [-0.39, 0.29) is 23.8 Å². The second kappa shape index (κ2) is 6.58. The minimum atomic E-state index is -0.742. The summed E-state index contributed by atoms with van der Waals surface area (Å²) in [6.07, 6.45) is 0. The molecule has 0 aliphatic heterocycles. The maximum Gasteiger partial charge on any atom is 0.252 e. The Morgan fingerprint density at radius 3 is 2.55 bits per heavy atom. The monoisotopic (exact) mass is 278 g/mol. The van der Waals surface area contributed by atoms with E-state index in [1.165, 1.54) is 12.1 Å². The highest BCUT2D eigenvalue weighted by Gasteiger charge is 2.10. The van der Waals surface area contributed by atoms with Gasteiger partial charge in [-0.3, -0.25) is 20.4 Å². The summed E-state index contributed by atoms with van der Waals surface area (Å²) in [6, 6.07) is 4.28. The lowest BCUT2D eigenvalue weighted by molar-refractivity contribution is -0.122. The first-order chi connectivity index (χ1) is 9.31. The number of aromatic hydroxyl groups is 1. The number of nitrogens with one attached hydrogen (secondary N) is 2. The lowest BCUT2D eigenvalue weighted by Crippen LogP contribution is -2.41. The van der Waals surface area contributed by atoms with E-state index in [1.54, 1.807) is 25.1 Å². The van der Waals surface area contributed by atoms with Crippen molar-refractivity contribution in [3.8, 4) is 5.75 Å². The third kappa shape index (κ3) is 4.29. The number of benzene rings is 1. The molecule has 5 N–H and O–H groups in total. The van der Waals surface area contributed by atoms with Crippen LogP contribution in [0.4, 0.5) is 0 Å². The van der Waals surface area contributed by atoms with E-state index in [0.29, 0.717) is 11.3 Å². The van der Waals surface area contributed by atoms with Crippen molar-refractivity contribution >= 4 is 17.5 Å². The van der Waals surface area contributed by atoms with Crippen molar-refractivity contribution in [1.82, 2.24) is 15.8 Å². The molecule has 2 amide bonds. The molecular formula is C13H18N4O3. The molecule has 1 rings (SSSR count). The summed E-state index contributed by atoms with van der Waals surface area (Å²) in [5.74, 6) is -1.18. The molecule has 7 nitrogen and oxygen atoms in total. The zero-order valence-electron chi connectivity index (χ0n) is 11.4. The summed E-state index contributed by atoms with van der Waals surface area (Å²) >= 11 is 0. The van der Waals surface area contributed by atoms with Crippen LogP contribution in [0.1, 0.15) is 15.9 Å². The first-order valence-electron chi connectivity index (χ1n) is 5.83. The average molecular weight is 278 g/mol. The van der Waals surface area contributed by atoms with Gasteiger partial charge in [0.2, 0.25) is 0 Å².